The van der Waals surface area contributed by atoms with Crippen molar-refractivity contribution in [1.82, 2.24) is 0 Å². The van der Waals surface area contributed by atoms with Gasteiger partial charge in [-0.15, -0.1) is 0 Å². The van der Waals surface area contributed by atoms with E-state index < -0.39 is 26.1 Å². The van der Waals surface area contributed by atoms with E-state index in [2.05, 4.69) is 0 Å². The summed E-state index contributed by atoms with van der Waals surface area (Å²) in [6.07, 6.45) is 6.10. The van der Waals surface area contributed by atoms with Crippen molar-refractivity contribution in [1.29, 1.82) is 0 Å². The molecule has 0 fully saturated rings. The van der Waals surface area contributed by atoms with Crippen LogP contribution in [-0.2, 0) is 22.8 Å². The molecule has 2 rings (SSSR count). The molecule has 0 saturated carbocycles. The van der Waals surface area contributed by atoms with Crippen molar-refractivity contribution in [2.24, 2.45) is 0 Å². The van der Waals surface area contributed by atoms with Gasteiger partial charge in [0.2, 0.25) is 0 Å². The van der Waals surface area contributed by atoms with Crippen molar-refractivity contribution < 1.29 is 31.0 Å². The van der Waals surface area contributed by atoms with Crippen molar-refractivity contribution in [2.45, 2.75) is 0 Å². The van der Waals surface area contributed by atoms with Crippen LogP contribution in [0, 0.1) is 0 Å². The maximum absolute atomic E-state index is 12.2. The molecule has 8 nitrogen and oxygen atoms in total. The predicted octanol–water partition coefficient (Wildman–Crippen LogP) is -0.262. The van der Waals surface area contributed by atoms with Crippen molar-refractivity contribution in [3.05, 3.63) is 60.0 Å². The molecule has 0 atom stereocenters. The molecule has 1 aliphatic heterocycles. The molecule has 0 bridgehead atoms. The molecular formula is C16H16AsNO7. The number of anilines is 1. The van der Waals surface area contributed by atoms with Crippen molar-refractivity contribution >= 4 is 36.1 Å². The van der Waals surface area contributed by atoms with E-state index in [1.807, 2.05) is 0 Å². The fraction of sp³-hybridized carbons (Fsp3) is 0.125. The molecule has 0 radical (unpaired) electrons. The van der Waals surface area contributed by atoms with E-state index in [9.17, 15) is 21.5 Å². The van der Waals surface area contributed by atoms with Gasteiger partial charge >= 0.3 is 146 Å². The van der Waals surface area contributed by atoms with Crippen LogP contribution in [0.25, 0.3) is 0 Å². The fourth-order valence-electron chi connectivity index (χ4n) is 2.17. The number of nitrogens with zero attached hydrogens (tertiary/aromatic N) is 1. The number of benzene rings is 1. The first kappa shape index (κ1) is 18.8. The van der Waals surface area contributed by atoms with Gasteiger partial charge in [-0.2, -0.15) is 0 Å². The molecule has 0 aromatic heterocycles. The number of carbonyl (C=O) groups is 2. The van der Waals surface area contributed by atoms with Gasteiger partial charge in [0, 0.05) is 0 Å². The molecule has 1 heterocycles. The third kappa shape index (κ3) is 4.11. The Balaban J connectivity index is 2.58. The van der Waals surface area contributed by atoms with Gasteiger partial charge in [0.1, 0.15) is 0 Å². The van der Waals surface area contributed by atoms with E-state index in [4.69, 9.17) is 9.47 Å². The first-order valence-electron chi connectivity index (χ1n) is 7.00. The topological polar surface area (TPSA) is 113 Å². The summed E-state index contributed by atoms with van der Waals surface area (Å²) in [5.74, 6) is -1.49. The molecule has 9 heteroatoms. The third-order valence-electron chi connectivity index (χ3n) is 3.35. The first-order chi connectivity index (χ1) is 11.8. The van der Waals surface area contributed by atoms with Crippen LogP contribution in [0.3, 0.4) is 0 Å². The van der Waals surface area contributed by atoms with Crippen LogP contribution in [-0.4, -0.2) is 48.5 Å². The zero-order valence-electron chi connectivity index (χ0n) is 13.4. The van der Waals surface area contributed by atoms with Crippen LogP contribution in [0.5, 0.6) is 0 Å². The predicted molar refractivity (Wildman–Crippen MR) is 88.8 cm³/mol. The van der Waals surface area contributed by atoms with Gasteiger partial charge in [-0.3, -0.25) is 0 Å². The molecule has 25 heavy (non-hydrogen) atoms. The molecule has 1 aromatic rings. The SMILES string of the molecule is COC(=O)C1=C(C(=O)OC)N(c2ccc([As](=O)(O)O)cc2)C=CC=C1. The Bertz CT molecular complexity index is 817. The van der Waals surface area contributed by atoms with Crippen LogP contribution < -0.4 is 9.25 Å². The van der Waals surface area contributed by atoms with Gasteiger partial charge in [0.05, 0.1) is 0 Å². The van der Waals surface area contributed by atoms with E-state index >= 15 is 0 Å². The van der Waals surface area contributed by atoms with Crippen molar-refractivity contribution in [3.8, 4) is 0 Å². The average Bonchev–Trinajstić information content (AvgIpc) is 2.82. The summed E-state index contributed by atoms with van der Waals surface area (Å²) in [5, 5.41) is 0. The zero-order chi connectivity index (χ0) is 18.6. The van der Waals surface area contributed by atoms with E-state index in [0.29, 0.717) is 5.69 Å². The van der Waals surface area contributed by atoms with E-state index in [1.165, 1.54) is 55.7 Å². The summed E-state index contributed by atoms with van der Waals surface area (Å²) in [6.45, 7) is 0. The Kier molecular flexibility index (Phi) is 5.69. The Labute approximate surface area is 146 Å². The Morgan fingerprint density at radius 3 is 2.12 bits per heavy atom. The first-order valence-corrected chi connectivity index (χ1v) is 10.4. The number of hydrogen-bond acceptors (Lipinski definition) is 6. The van der Waals surface area contributed by atoms with Crippen molar-refractivity contribution in [3.63, 3.8) is 0 Å². The maximum atomic E-state index is 12.2. The monoisotopic (exact) mass is 409 g/mol. The molecule has 0 saturated heterocycles. The Morgan fingerprint density at radius 2 is 1.60 bits per heavy atom. The second-order valence-corrected chi connectivity index (χ2v) is 8.24. The number of carbonyl (C=O) groups excluding carboxylic acids is 2. The minimum atomic E-state index is -5.02. The molecular weight excluding hydrogens is 393 g/mol. The number of ether oxygens (including phenoxy) is 2. The van der Waals surface area contributed by atoms with Crippen LogP contribution in [0.4, 0.5) is 5.69 Å². The summed E-state index contributed by atoms with van der Waals surface area (Å²) in [5.41, 5.74) is 0.325. The summed E-state index contributed by atoms with van der Waals surface area (Å²) < 4.78 is 39.2. The number of hydrogen-bond donors (Lipinski definition) is 2. The molecule has 0 amide bonds. The van der Waals surface area contributed by atoms with E-state index in [0.717, 1.165) is 0 Å². The van der Waals surface area contributed by atoms with Crippen LogP contribution in [0.15, 0.2) is 60.0 Å². The number of allylic oxidation sites excluding steroid dienone is 2. The molecule has 2 N–H and O–H groups in total. The minimum absolute atomic E-state index is 0.0116. The molecule has 132 valence electrons. The molecule has 1 aromatic carbocycles. The van der Waals surface area contributed by atoms with E-state index in [1.54, 1.807) is 12.2 Å². The van der Waals surface area contributed by atoms with Gasteiger partial charge < -0.3 is 0 Å². The summed E-state index contributed by atoms with van der Waals surface area (Å²) in [7, 11) is 2.37. The normalized spacial score (nSPS) is 14.3. The second-order valence-electron chi connectivity index (χ2n) is 4.88. The van der Waals surface area contributed by atoms with Crippen LogP contribution in [0.2, 0.25) is 0 Å². The zero-order valence-corrected chi connectivity index (χ0v) is 15.3. The number of rotatable bonds is 4. The quantitative estimate of drug-likeness (QED) is 0.517. The van der Waals surface area contributed by atoms with Gasteiger partial charge in [-0.1, -0.05) is 0 Å². The van der Waals surface area contributed by atoms with Gasteiger partial charge in [-0.05, 0) is 0 Å². The number of methoxy groups -OCH3 is 2. The Morgan fingerprint density at radius 1 is 1.00 bits per heavy atom. The van der Waals surface area contributed by atoms with Crippen LogP contribution >= 0.6 is 0 Å². The van der Waals surface area contributed by atoms with Crippen LogP contribution in [0.1, 0.15) is 0 Å². The fourth-order valence-corrected chi connectivity index (χ4v) is 3.30. The summed E-state index contributed by atoms with van der Waals surface area (Å²) in [6, 6.07) is 5.41. The van der Waals surface area contributed by atoms with Gasteiger partial charge in [0.15, 0.2) is 0 Å². The van der Waals surface area contributed by atoms with E-state index in [-0.39, 0.29) is 15.6 Å². The average molecular weight is 409 g/mol. The number of esters is 2. The standard InChI is InChI=1S/C16H16AsNO7/c1-24-15(19)13-5-3-4-10-18(14(13)16(20)25-2)12-8-6-11(7-9-12)17(21,22)23/h3-10H,1-2H3,(H2,21,22,23). The summed E-state index contributed by atoms with van der Waals surface area (Å²) >= 11 is -5.02. The van der Waals surface area contributed by atoms with Gasteiger partial charge in [-0.25, -0.2) is 0 Å². The molecule has 0 unspecified atom stereocenters. The molecule has 1 aliphatic rings. The van der Waals surface area contributed by atoms with Crippen molar-refractivity contribution in [2.75, 3.05) is 19.1 Å². The van der Waals surface area contributed by atoms with Gasteiger partial charge in [0.25, 0.3) is 0 Å². The summed E-state index contributed by atoms with van der Waals surface area (Å²) in [4.78, 5) is 25.6. The third-order valence-corrected chi connectivity index (χ3v) is 5.39. The molecule has 0 spiro atoms. The Hall–Kier alpha value is -2.54. The molecule has 0 aliphatic carbocycles. The second kappa shape index (κ2) is 7.56.